The van der Waals surface area contributed by atoms with Gasteiger partial charge in [0.15, 0.2) is 0 Å². The fourth-order valence-electron chi connectivity index (χ4n) is 2.73. The Morgan fingerprint density at radius 2 is 2.38 bits per heavy atom. The van der Waals surface area contributed by atoms with Crippen LogP contribution in [0.2, 0.25) is 0 Å². The van der Waals surface area contributed by atoms with Gasteiger partial charge in [-0.15, -0.1) is 0 Å². The summed E-state index contributed by atoms with van der Waals surface area (Å²) in [6, 6.07) is 0. The summed E-state index contributed by atoms with van der Waals surface area (Å²) in [6.07, 6.45) is 6.95. The Kier molecular flexibility index (Phi) is 0.415. The number of rotatable bonds is 0. The summed E-state index contributed by atoms with van der Waals surface area (Å²) < 4.78 is 0. The minimum Gasteiger partial charge on any atom is -0.0847 e. The van der Waals surface area contributed by atoms with Crippen molar-refractivity contribution in [2.75, 3.05) is 0 Å². The Balaban J connectivity index is 2.08. The predicted molar refractivity (Wildman–Crippen MR) is 32.4 cm³/mol. The molecule has 0 aromatic heterocycles. The molecule has 0 amide bonds. The van der Waals surface area contributed by atoms with Gasteiger partial charge in [0.1, 0.15) is 0 Å². The van der Waals surface area contributed by atoms with Crippen molar-refractivity contribution in [2.24, 2.45) is 17.8 Å². The normalized spacial score (nSPS) is 56.0. The molecule has 0 heteroatoms. The van der Waals surface area contributed by atoms with Crippen molar-refractivity contribution in [1.29, 1.82) is 0 Å². The third kappa shape index (κ3) is 0.211. The topological polar surface area (TPSA) is 0 Å². The van der Waals surface area contributed by atoms with E-state index in [2.05, 4.69) is 6.08 Å². The second-order valence-corrected chi connectivity index (χ2v) is 3.50. The lowest BCUT2D eigenvalue weighted by molar-refractivity contribution is 0.0606. The highest BCUT2D eigenvalue weighted by Gasteiger charge is 2.52. The van der Waals surface area contributed by atoms with E-state index < -0.39 is 0 Å². The van der Waals surface area contributed by atoms with E-state index in [1.807, 2.05) is 5.57 Å². The van der Waals surface area contributed by atoms with Crippen LogP contribution in [0.25, 0.3) is 0 Å². The van der Waals surface area contributed by atoms with Gasteiger partial charge < -0.3 is 0 Å². The van der Waals surface area contributed by atoms with Gasteiger partial charge in [-0.1, -0.05) is 11.6 Å². The Morgan fingerprint density at radius 1 is 1.38 bits per heavy atom. The molecule has 3 atom stereocenters. The van der Waals surface area contributed by atoms with E-state index in [-0.39, 0.29) is 0 Å². The first-order chi connectivity index (χ1) is 3.95. The Bertz CT molecular complexity index is 167. The van der Waals surface area contributed by atoms with E-state index in [4.69, 9.17) is 0 Å². The van der Waals surface area contributed by atoms with E-state index in [1.165, 1.54) is 12.8 Å². The highest BCUT2D eigenvalue weighted by atomic mass is 14.6. The molecule has 0 nitrogen and oxygen atoms in total. The zero-order valence-corrected chi connectivity index (χ0v) is 4.93. The molecule has 2 fully saturated rings. The van der Waals surface area contributed by atoms with Crippen LogP contribution in [0.5, 0.6) is 0 Å². The average Bonchev–Trinajstić information content (AvgIpc) is 2.02. The molecule has 3 aliphatic carbocycles. The maximum absolute atomic E-state index is 2.48. The van der Waals surface area contributed by atoms with Crippen LogP contribution in [-0.4, -0.2) is 0 Å². The molecule has 3 unspecified atom stereocenters. The van der Waals surface area contributed by atoms with Gasteiger partial charge in [0.05, 0.1) is 0 Å². The third-order valence-electron chi connectivity index (χ3n) is 3.23. The highest BCUT2D eigenvalue weighted by Crippen LogP contribution is 2.62. The summed E-state index contributed by atoms with van der Waals surface area (Å²) in [4.78, 5) is 0. The van der Waals surface area contributed by atoms with Crippen molar-refractivity contribution in [3.63, 3.8) is 0 Å². The lowest BCUT2D eigenvalue weighted by atomic mass is 9.54. The third-order valence-corrected chi connectivity index (χ3v) is 3.23. The van der Waals surface area contributed by atoms with Crippen LogP contribution >= 0.6 is 0 Å². The first kappa shape index (κ1) is 3.71. The first-order valence-corrected chi connectivity index (χ1v) is 3.64. The maximum Gasteiger partial charge on any atom is -0.0140 e. The van der Waals surface area contributed by atoms with Crippen molar-refractivity contribution in [3.8, 4) is 0 Å². The Morgan fingerprint density at radius 3 is 3.00 bits per heavy atom. The molecule has 0 radical (unpaired) electrons. The SMILES string of the molecule is C1=C2CC3CC(C1)C23. The average molecular weight is 106 g/mol. The second kappa shape index (κ2) is 0.896. The Labute approximate surface area is 49.6 Å². The zero-order valence-electron chi connectivity index (χ0n) is 4.93. The van der Waals surface area contributed by atoms with Crippen LogP contribution in [0.1, 0.15) is 19.3 Å². The summed E-state index contributed by atoms with van der Waals surface area (Å²) in [5, 5.41) is 0. The molecule has 0 aromatic carbocycles. The fourth-order valence-corrected chi connectivity index (χ4v) is 2.73. The first-order valence-electron chi connectivity index (χ1n) is 3.64. The van der Waals surface area contributed by atoms with E-state index in [9.17, 15) is 0 Å². The minimum absolute atomic E-state index is 1.12. The number of allylic oxidation sites excluding steroid dienone is 2. The quantitative estimate of drug-likeness (QED) is 0.414. The molecule has 42 valence electrons. The van der Waals surface area contributed by atoms with E-state index in [0.717, 1.165) is 17.8 Å². The molecule has 3 rings (SSSR count). The second-order valence-electron chi connectivity index (χ2n) is 3.50. The summed E-state index contributed by atoms with van der Waals surface area (Å²) >= 11 is 0. The maximum atomic E-state index is 2.48. The van der Waals surface area contributed by atoms with Crippen molar-refractivity contribution in [3.05, 3.63) is 11.6 Å². The molecular weight excluding hydrogens is 96.1 g/mol. The Hall–Kier alpha value is -0.260. The lowest BCUT2D eigenvalue weighted by Gasteiger charge is -2.51. The van der Waals surface area contributed by atoms with Crippen molar-refractivity contribution >= 4 is 0 Å². The molecule has 0 N–H and O–H groups in total. The summed E-state index contributed by atoms with van der Waals surface area (Å²) in [5.74, 6) is 3.41. The largest absolute Gasteiger partial charge is 0.0847 e. The molecule has 0 bridgehead atoms. The van der Waals surface area contributed by atoms with Crippen LogP contribution in [0.15, 0.2) is 11.6 Å². The fraction of sp³-hybridized carbons (Fsp3) is 0.750. The van der Waals surface area contributed by atoms with Crippen LogP contribution in [0.3, 0.4) is 0 Å². The monoisotopic (exact) mass is 106 g/mol. The summed E-state index contributed by atoms with van der Waals surface area (Å²) in [7, 11) is 0. The summed E-state index contributed by atoms with van der Waals surface area (Å²) in [5.41, 5.74) is 1.81. The van der Waals surface area contributed by atoms with Gasteiger partial charge >= 0.3 is 0 Å². The van der Waals surface area contributed by atoms with Crippen LogP contribution in [0.4, 0.5) is 0 Å². The molecule has 0 spiro atoms. The van der Waals surface area contributed by atoms with E-state index in [1.54, 1.807) is 6.42 Å². The molecule has 2 saturated carbocycles. The van der Waals surface area contributed by atoms with Crippen LogP contribution in [0, 0.1) is 17.8 Å². The van der Waals surface area contributed by atoms with Crippen molar-refractivity contribution in [1.82, 2.24) is 0 Å². The van der Waals surface area contributed by atoms with Crippen molar-refractivity contribution in [2.45, 2.75) is 19.3 Å². The predicted octanol–water partition coefficient (Wildman–Crippen LogP) is 1.97. The molecular formula is C8H10. The molecule has 0 heterocycles. The van der Waals surface area contributed by atoms with E-state index in [0.29, 0.717) is 0 Å². The molecule has 0 aliphatic heterocycles. The molecule has 8 heavy (non-hydrogen) atoms. The molecule has 3 aliphatic rings. The molecule has 0 saturated heterocycles. The van der Waals surface area contributed by atoms with Crippen LogP contribution < -0.4 is 0 Å². The van der Waals surface area contributed by atoms with Gasteiger partial charge in [-0.2, -0.15) is 0 Å². The number of hydrogen-bond acceptors (Lipinski definition) is 0. The van der Waals surface area contributed by atoms with Gasteiger partial charge in [0.2, 0.25) is 0 Å². The lowest BCUT2D eigenvalue weighted by Crippen LogP contribution is -2.42. The smallest absolute Gasteiger partial charge is 0.0140 e. The zero-order chi connectivity index (χ0) is 5.14. The standard InChI is InChI=1S/C8H10/c1-2-6-4-7-3-5(1)8(6)7/h1,6-8H,2-4H2. The van der Waals surface area contributed by atoms with Crippen molar-refractivity contribution < 1.29 is 0 Å². The van der Waals surface area contributed by atoms with Crippen LogP contribution in [-0.2, 0) is 0 Å². The molecule has 0 aromatic rings. The van der Waals surface area contributed by atoms with Gasteiger partial charge in [-0.25, -0.2) is 0 Å². The van der Waals surface area contributed by atoms with E-state index >= 15 is 0 Å². The van der Waals surface area contributed by atoms with Gasteiger partial charge in [-0.3, -0.25) is 0 Å². The summed E-state index contributed by atoms with van der Waals surface area (Å²) in [6.45, 7) is 0. The van der Waals surface area contributed by atoms with Gasteiger partial charge in [0, 0.05) is 0 Å². The highest BCUT2D eigenvalue weighted by molar-refractivity contribution is 5.30. The number of hydrogen-bond donors (Lipinski definition) is 0. The van der Waals surface area contributed by atoms with Gasteiger partial charge in [0.25, 0.3) is 0 Å². The van der Waals surface area contributed by atoms with Gasteiger partial charge in [-0.05, 0) is 37.0 Å². The minimum atomic E-state index is 1.12.